The van der Waals surface area contributed by atoms with E-state index < -0.39 is 0 Å². The molecule has 0 unspecified atom stereocenters. The average Bonchev–Trinajstić information content (AvgIpc) is 3.15. The maximum absolute atomic E-state index is 5.56. The van der Waals surface area contributed by atoms with E-state index in [0.717, 1.165) is 11.6 Å². The summed E-state index contributed by atoms with van der Waals surface area (Å²) >= 11 is 0. The van der Waals surface area contributed by atoms with E-state index in [1.165, 1.54) is 12.8 Å². The van der Waals surface area contributed by atoms with Crippen molar-refractivity contribution in [1.29, 1.82) is 0 Å². The number of para-hydroxylation sites is 1. The first kappa shape index (κ1) is 10.1. The molecule has 0 bridgehead atoms. The molecular weight excluding hydrogens is 214 g/mol. The van der Waals surface area contributed by atoms with Crippen molar-refractivity contribution in [2.45, 2.75) is 18.9 Å². The molecule has 0 spiro atoms. The van der Waals surface area contributed by atoms with Crippen LogP contribution in [0, 0.1) is 0 Å². The molecule has 1 aliphatic rings. The van der Waals surface area contributed by atoms with Gasteiger partial charge in [-0.15, -0.1) is 0 Å². The predicted octanol–water partition coefficient (Wildman–Crippen LogP) is 2.84. The summed E-state index contributed by atoms with van der Waals surface area (Å²) in [6.45, 7) is 0. The smallest absolute Gasteiger partial charge is 0.323 e. The molecular formula is C13H13N3O. The summed E-state index contributed by atoms with van der Waals surface area (Å²) in [6.07, 6.45) is 4.15. The average molecular weight is 227 g/mol. The van der Waals surface area contributed by atoms with Crippen LogP contribution in [0.15, 0.2) is 42.6 Å². The summed E-state index contributed by atoms with van der Waals surface area (Å²) in [7, 11) is 0. The Hall–Kier alpha value is -2.10. The molecule has 1 fully saturated rings. The number of hydrogen-bond donors (Lipinski definition) is 1. The van der Waals surface area contributed by atoms with Crippen molar-refractivity contribution < 1.29 is 4.74 Å². The van der Waals surface area contributed by atoms with E-state index in [-0.39, 0.29) is 0 Å². The highest BCUT2D eigenvalue weighted by atomic mass is 16.5. The van der Waals surface area contributed by atoms with E-state index in [4.69, 9.17) is 4.74 Å². The topological polar surface area (TPSA) is 47.0 Å². The zero-order valence-electron chi connectivity index (χ0n) is 9.34. The van der Waals surface area contributed by atoms with Crippen molar-refractivity contribution in [3.63, 3.8) is 0 Å². The highest BCUT2D eigenvalue weighted by Crippen LogP contribution is 2.24. The zero-order chi connectivity index (χ0) is 11.5. The molecule has 1 heterocycles. The van der Waals surface area contributed by atoms with Crippen LogP contribution in [-0.4, -0.2) is 16.0 Å². The Morgan fingerprint density at radius 1 is 1.12 bits per heavy atom. The molecule has 1 aromatic heterocycles. The highest BCUT2D eigenvalue weighted by Gasteiger charge is 2.21. The number of nitrogens with one attached hydrogen (secondary N) is 1. The minimum absolute atomic E-state index is 0.377. The normalized spacial score (nSPS) is 14.4. The first-order chi connectivity index (χ1) is 8.40. The number of nitrogens with zero attached hydrogens (tertiary/aromatic N) is 2. The zero-order valence-corrected chi connectivity index (χ0v) is 9.34. The van der Waals surface area contributed by atoms with Crippen molar-refractivity contribution >= 4 is 5.82 Å². The van der Waals surface area contributed by atoms with Gasteiger partial charge in [-0.1, -0.05) is 18.2 Å². The van der Waals surface area contributed by atoms with E-state index in [2.05, 4.69) is 15.3 Å². The first-order valence-corrected chi connectivity index (χ1v) is 5.73. The van der Waals surface area contributed by atoms with Gasteiger partial charge in [0.25, 0.3) is 0 Å². The quantitative estimate of drug-likeness (QED) is 0.872. The van der Waals surface area contributed by atoms with Crippen LogP contribution in [0.25, 0.3) is 0 Å². The van der Waals surface area contributed by atoms with E-state index in [9.17, 15) is 0 Å². The van der Waals surface area contributed by atoms with Crippen molar-refractivity contribution in [3.8, 4) is 11.8 Å². The van der Waals surface area contributed by atoms with Gasteiger partial charge < -0.3 is 10.1 Å². The number of anilines is 1. The third-order valence-electron chi connectivity index (χ3n) is 2.52. The largest absolute Gasteiger partial charge is 0.424 e. The van der Waals surface area contributed by atoms with Crippen LogP contribution in [0.4, 0.5) is 5.82 Å². The maximum atomic E-state index is 5.56. The van der Waals surface area contributed by atoms with Gasteiger partial charge >= 0.3 is 6.01 Å². The summed E-state index contributed by atoms with van der Waals surface area (Å²) in [5.41, 5.74) is 0. The summed E-state index contributed by atoms with van der Waals surface area (Å²) in [5.74, 6) is 1.57. The van der Waals surface area contributed by atoms with Crippen LogP contribution in [0.1, 0.15) is 12.8 Å². The van der Waals surface area contributed by atoms with Gasteiger partial charge in [0, 0.05) is 12.2 Å². The Morgan fingerprint density at radius 2 is 1.94 bits per heavy atom. The van der Waals surface area contributed by atoms with Crippen LogP contribution in [0.3, 0.4) is 0 Å². The molecule has 0 atom stereocenters. The van der Waals surface area contributed by atoms with Gasteiger partial charge in [-0.25, -0.2) is 4.98 Å². The molecule has 4 nitrogen and oxygen atoms in total. The first-order valence-electron chi connectivity index (χ1n) is 5.73. The minimum atomic E-state index is 0.377. The predicted molar refractivity (Wildman–Crippen MR) is 65.2 cm³/mol. The lowest BCUT2D eigenvalue weighted by Crippen LogP contribution is -2.04. The van der Waals surface area contributed by atoms with E-state index in [1.807, 2.05) is 36.4 Å². The van der Waals surface area contributed by atoms with Gasteiger partial charge in [0.2, 0.25) is 0 Å². The highest BCUT2D eigenvalue weighted by molar-refractivity contribution is 5.37. The summed E-state index contributed by atoms with van der Waals surface area (Å²) in [5, 5.41) is 3.31. The van der Waals surface area contributed by atoms with Crippen molar-refractivity contribution in [1.82, 2.24) is 9.97 Å². The van der Waals surface area contributed by atoms with E-state index in [0.29, 0.717) is 12.1 Å². The standard InChI is InChI=1S/C13H13N3O/c1-2-4-11(5-3-1)17-13-14-9-8-12(16-13)15-10-6-7-10/h1-5,8-10H,6-7H2,(H,14,15,16). The Morgan fingerprint density at radius 3 is 2.71 bits per heavy atom. The lowest BCUT2D eigenvalue weighted by atomic mass is 10.3. The van der Waals surface area contributed by atoms with Crippen LogP contribution >= 0.6 is 0 Å². The Kier molecular flexibility index (Phi) is 2.62. The second-order valence-electron chi connectivity index (χ2n) is 4.06. The number of rotatable bonds is 4. The van der Waals surface area contributed by atoms with Crippen molar-refractivity contribution in [3.05, 3.63) is 42.6 Å². The van der Waals surface area contributed by atoms with Crippen molar-refractivity contribution in [2.75, 3.05) is 5.32 Å². The van der Waals surface area contributed by atoms with Gasteiger partial charge in [-0.05, 0) is 31.0 Å². The molecule has 3 rings (SSSR count). The fourth-order valence-electron chi connectivity index (χ4n) is 1.50. The van der Waals surface area contributed by atoms with E-state index in [1.54, 1.807) is 6.20 Å². The third kappa shape index (κ3) is 2.72. The molecule has 17 heavy (non-hydrogen) atoms. The molecule has 0 aliphatic heterocycles. The van der Waals surface area contributed by atoms with E-state index >= 15 is 0 Å². The number of aromatic nitrogens is 2. The molecule has 0 amide bonds. The van der Waals surface area contributed by atoms with Gasteiger partial charge in [-0.2, -0.15) is 4.98 Å². The molecule has 4 heteroatoms. The van der Waals surface area contributed by atoms with Gasteiger partial charge in [0.05, 0.1) is 0 Å². The number of ether oxygens (including phenoxy) is 1. The fraction of sp³-hybridized carbons (Fsp3) is 0.231. The van der Waals surface area contributed by atoms with Crippen LogP contribution < -0.4 is 10.1 Å². The Bertz CT molecular complexity index is 497. The minimum Gasteiger partial charge on any atom is -0.424 e. The maximum Gasteiger partial charge on any atom is 0.323 e. The molecule has 1 aliphatic carbocycles. The number of hydrogen-bond acceptors (Lipinski definition) is 4. The molecule has 0 radical (unpaired) electrons. The molecule has 2 aromatic rings. The molecule has 1 N–H and O–H groups in total. The van der Waals surface area contributed by atoms with Crippen molar-refractivity contribution in [2.24, 2.45) is 0 Å². The molecule has 86 valence electrons. The van der Waals surface area contributed by atoms with Crippen LogP contribution in [-0.2, 0) is 0 Å². The summed E-state index contributed by atoms with van der Waals surface area (Å²) in [6, 6.07) is 12.4. The van der Waals surface area contributed by atoms with Gasteiger partial charge in [0.15, 0.2) is 0 Å². The Labute approximate surface area is 99.7 Å². The lowest BCUT2D eigenvalue weighted by molar-refractivity contribution is 0.442. The molecule has 1 saturated carbocycles. The number of benzene rings is 1. The Balaban J connectivity index is 1.73. The molecule has 1 aromatic carbocycles. The summed E-state index contributed by atoms with van der Waals surface area (Å²) in [4.78, 5) is 8.39. The monoisotopic (exact) mass is 227 g/mol. The van der Waals surface area contributed by atoms with Crippen LogP contribution in [0.5, 0.6) is 11.8 Å². The SMILES string of the molecule is c1ccc(Oc2nccc(NC3CC3)n2)cc1. The summed E-state index contributed by atoms with van der Waals surface area (Å²) < 4.78 is 5.56. The third-order valence-corrected chi connectivity index (χ3v) is 2.52. The second kappa shape index (κ2) is 4.41. The second-order valence-corrected chi connectivity index (χ2v) is 4.06. The fourth-order valence-corrected chi connectivity index (χ4v) is 1.50. The molecule has 0 saturated heterocycles. The lowest BCUT2D eigenvalue weighted by Gasteiger charge is -2.06. The van der Waals surface area contributed by atoms with Crippen LogP contribution in [0.2, 0.25) is 0 Å². The van der Waals surface area contributed by atoms with Gasteiger partial charge in [0.1, 0.15) is 11.6 Å². The van der Waals surface area contributed by atoms with Gasteiger partial charge in [-0.3, -0.25) is 0 Å².